The van der Waals surface area contributed by atoms with Crippen LogP contribution < -0.4 is 0 Å². The van der Waals surface area contributed by atoms with E-state index in [1.165, 1.54) is 0 Å². The van der Waals surface area contributed by atoms with Crippen molar-refractivity contribution in [2.24, 2.45) is 0 Å². The summed E-state index contributed by atoms with van der Waals surface area (Å²) in [6.45, 7) is 0. The monoisotopic (exact) mass is 432 g/mol. The van der Waals surface area contributed by atoms with Crippen molar-refractivity contribution in [3.63, 3.8) is 0 Å². The van der Waals surface area contributed by atoms with Crippen LogP contribution in [0.2, 0.25) is 0 Å². The normalized spacial score (nSPS) is 11.6. The van der Waals surface area contributed by atoms with Gasteiger partial charge in [-0.2, -0.15) is 13.2 Å². The second kappa shape index (κ2) is 14.1. The molecule has 1 aromatic rings. The van der Waals surface area contributed by atoms with Crippen molar-refractivity contribution in [3.05, 3.63) is 35.1 Å². The molecular formula is C23H32F4O3. The number of rotatable bonds is 16. The van der Waals surface area contributed by atoms with Gasteiger partial charge in [-0.15, -0.1) is 0 Å². The molecule has 1 aromatic carbocycles. The highest BCUT2D eigenvalue weighted by Gasteiger charge is 2.33. The number of hydrogen-bond acceptors (Lipinski definition) is 2. The maximum Gasteiger partial charge on any atom is 0.419 e. The maximum atomic E-state index is 13.5. The molecule has 170 valence electrons. The molecule has 0 atom stereocenters. The number of alkyl halides is 3. The van der Waals surface area contributed by atoms with Crippen LogP contribution in [0.4, 0.5) is 17.6 Å². The van der Waals surface area contributed by atoms with Crippen molar-refractivity contribution in [2.45, 2.75) is 96.1 Å². The van der Waals surface area contributed by atoms with E-state index in [2.05, 4.69) is 0 Å². The van der Waals surface area contributed by atoms with Crippen molar-refractivity contribution in [1.29, 1.82) is 0 Å². The van der Waals surface area contributed by atoms with E-state index in [9.17, 15) is 27.2 Å². The standard InChI is InChI=1S/C23H32F4O3/c24-21-17-18(14-15-20(21)23(25,26)27)16-19(28)12-10-8-6-4-2-1-3-5-7-9-11-13-22(29)30/h14-15,17H,1-13,16H2,(H,29,30). The summed E-state index contributed by atoms with van der Waals surface area (Å²) in [6.07, 6.45) is 7.09. The number of hydrogen-bond donors (Lipinski definition) is 1. The molecule has 0 radical (unpaired) electrons. The molecule has 30 heavy (non-hydrogen) atoms. The van der Waals surface area contributed by atoms with Crippen LogP contribution in [0.1, 0.15) is 94.6 Å². The van der Waals surface area contributed by atoms with Gasteiger partial charge in [-0.1, -0.05) is 63.9 Å². The molecule has 1 rings (SSSR count). The number of benzene rings is 1. The molecule has 0 saturated carbocycles. The Morgan fingerprint density at radius 2 is 1.23 bits per heavy atom. The van der Waals surface area contributed by atoms with E-state index in [0.717, 1.165) is 82.8 Å². The lowest BCUT2D eigenvalue weighted by Crippen LogP contribution is -2.09. The van der Waals surface area contributed by atoms with E-state index in [4.69, 9.17) is 5.11 Å². The lowest BCUT2D eigenvalue weighted by atomic mass is 10.0. The zero-order valence-corrected chi connectivity index (χ0v) is 17.4. The summed E-state index contributed by atoms with van der Waals surface area (Å²) in [7, 11) is 0. The third-order valence-corrected chi connectivity index (χ3v) is 5.09. The molecule has 0 spiro atoms. The lowest BCUT2D eigenvalue weighted by Gasteiger charge is -2.09. The van der Waals surface area contributed by atoms with E-state index < -0.39 is 23.5 Å². The van der Waals surface area contributed by atoms with Gasteiger partial charge in [0.15, 0.2) is 0 Å². The summed E-state index contributed by atoms with van der Waals surface area (Å²) in [5.74, 6) is -2.16. The Morgan fingerprint density at radius 1 is 0.767 bits per heavy atom. The Hall–Kier alpha value is -1.92. The smallest absolute Gasteiger partial charge is 0.419 e. The number of carbonyl (C=O) groups is 2. The van der Waals surface area contributed by atoms with Gasteiger partial charge in [0.25, 0.3) is 0 Å². The summed E-state index contributed by atoms with van der Waals surface area (Å²) in [5, 5.41) is 8.55. The molecule has 7 heteroatoms. The number of Topliss-reactive ketones (excluding diaryl/α,β-unsaturated/α-hetero) is 1. The summed E-state index contributed by atoms with van der Waals surface area (Å²) in [4.78, 5) is 22.3. The first kappa shape index (κ1) is 26.1. The number of carboxylic acids is 1. The average molecular weight is 432 g/mol. The minimum Gasteiger partial charge on any atom is -0.481 e. The zero-order chi connectivity index (χ0) is 22.4. The Kier molecular flexibility index (Phi) is 12.3. The van der Waals surface area contributed by atoms with E-state index in [1.54, 1.807) is 0 Å². The first-order valence-electron chi connectivity index (χ1n) is 10.8. The van der Waals surface area contributed by atoms with Gasteiger partial charge in [0, 0.05) is 19.3 Å². The van der Waals surface area contributed by atoms with Crippen LogP contribution in [0.15, 0.2) is 18.2 Å². The van der Waals surface area contributed by atoms with Crippen molar-refractivity contribution in [1.82, 2.24) is 0 Å². The quantitative estimate of drug-likeness (QED) is 0.224. The molecule has 0 aromatic heterocycles. The topological polar surface area (TPSA) is 54.4 Å². The SMILES string of the molecule is O=C(O)CCCCCCCCCCCCCC(=O)Cc1ccc(C(F)(F)F)c(F)c1. The van der Waals surface area contributed by atoms with Crippen molar-refractivity contribution >= 4 is 11.8 Å². The summed E-state index contributed by atoms with van der Waals surface area (Å²) < 4.78 is 51.2. The van der Waals surface area contributed by atoms with E-state index in [0.29, 0.717) is 12.5 Å². The van der Waals surface area contributed by atoms with Gasteiger partial charge in [-0.25, -0.2) is 4.39 Å². The van der Waals surface area contributed by atoms with Crippen LogP contribution in [0, 0.1) is 5.82 Å². The number of unbranched alkanes of at least 4 members (excludes halogenated alkanes) is 10. The number of halogens is 4. The molecule has 0 bridgehead atoms. The molecule has 0 aliphatic carbocycles. The zero-order valence-electron chi connectivity index (χ0n) is 17.4. The molecular weight excluding hydrogens is 400 g/mol. The summed E-state index contributed by atoms with van der Waals surface area (Å²) >= 11 is 0. The van der Waals surface area contributed by atoms with Gasteiger partial charge in [0.1, 0.15) is 11.6 Å². The second-order valence-corrected chi connectivity index (χ2v) is 7.81. The van der Waals surface area contributed by atoms with Crippen LogP contribution in [0.5, 0.6) is 0 Å². The number of carboxylic acid groups (broad SMARTS) is 1. The summed E-state index contributed by atoms with van der Waals surface area (Å²) in [5.41, 5.74) is -1.04. The number of ketones is 1. The van der Waals surface area contributed by atoms with E-state index >= 15 is 0 Å². The van der Waals surface area contributed by atoms with Crippen LogP contribution >= 0.6 is 0 Å². The Labute approximate surface area is 175 Å². The van der Waals surface area contributed by atoms with Crippen LogP contribution in [-0.2, 0) is 22.2 Å². The average Bonchev–Trinajstić information content (AvgIpc) is 2.64. The third-order valence-electron chi connectivity index (χ3n) is 5.09. The Morgan fingerprint density at radius 3 is 1.67 bits per heavy atom. The van der Waals surface area contributed by atoms with Gasteiger partial charge in [0.05, 0.1) is 5.56 Å². The first-order chi connectivity index (χ1) is 14.2. The molecule has 0 heterocycles. The predicted octanol–water partition coefficient (Wildman–Crippen LogP) is 7.11. The van der Waals surface area contributed by atoms with Gasteiger partial charge < -0.3 is 5.11 Å². The fourth-order valence-electron chi connectivity index (χ4n) is 3.40. The number of carbonyl (C=O) groups excluding carboxylic acids is 1. The van der Waals surface area contributed by atoms with Gasteiger partial charge in [-0.05, 0) is 30.5 Å². The fraction of sp³-hybridized carbons (Fsp3) is 0.652. The second-order valence-electron chi connectivity index (χ2n) is 7.81. The molecule has 3 nitrogen and oxygen atoms in total. The molecule has 0 aliphatic heterocycles. The Bertz CT molecular complexity index is 656. The van der Waals surface area contributed by atoms with Crippen LogP contribution in [-0.4, -0.2) is 16.9 Å². The third kappa shape index (κ3) is 11.9. The predicted molar refractivity (Wildman–Crippen MR) is 108 cm³/mol. The van der Waals surface area contributed by atoms with E-state index in [-0.39, 0.29) is 24.2 Å². The molecule has 0 unspecified atom stereocenters. The highest BCUT2D eigenvalue weighted by Crippen LogP contribution is 2.31. The number of aliphatic carboxylic acids is 1. The minimum absolute atomic E-state index is 0.0402. The van der Waals surface area contributed by atoms with Crippen molar-refractivity contribution in [2.75, 3.05) is 0 Å². The first-order valence-corrected chi connectivity index (χ1v) is 10.8. The van der Waals surface area contributed by atoms with Gasteiger partial charge in [-0.3, -0.25) is 9.59 Å². The summed E-state index contributed by atoms with van der Waals surface area (Å²) in [6, 6.07) is 2.65. The molecule has 0 aliphatic rings. The molecule has 0 fully saturated rings. The molecule has 0 amide bonds. The Balaban J connectivity index is 2.02. The van der Waals surface area contributed by atoms with Crippen LogP contribution in [0.25, 0.3) is 0 Å². The molecule has 0 saturated heterocycles. The lowest BCUT2D eigenvalue weighted by molar-refractivity contribution is -0.140. The fourth-order valence-corrected chi connectivity index (χ4v) is 3.40. The van der Waals surface area contributed by atoms with E-state index in [1.807, 2.05) is 0 Å². The minimum atomic E-state index is -4.73. The largest absolute Gasteiger partial charge is 0.481 e. The van der Waals surface area contributed by atoms with Gasteiger partial charge in [0.2, 0.25) is 0 Å². The highest BCUT2D eigenvalue weighted by atomic mass is 19.4. The van der Waals surface area contributed by atoms with Gasteiger partial charge >= 0.3 is 12.1 Å². The molecule has 1 N–H and O–H groups in total. The highest BCUT2D eigenvalue weighted by molar-refractivity contribution is 5.80. The van der Waals surface area contributed by atoms with Crippen LogP contribution in [0.3, 0.4) is 0 Å². The van der Waals surface area contributed by atoms with Crippen molar-refractivity contribution in [3.8, 4) is 0 Å². The van der Waals surface area contributed by atoms with Crippen molar-refractivity contribution < 1.29 is 32.3 Å². The maximum absolute atomic E-state index is 13.5.